The third kappa shape index (κ3) is 4.30. The standard InChI is InChI=1S/C24H22FN3O6/c1-14-2-11-19-20(12-14)24(32)27(23(19)31)26(13-21(29)15-3-7-17(25)8-4-15)22(30)16-5-9-18(10-6-16)28(33)34/h3-10,14,19-20H,2,11-13H2,1H3/t14-,19+,20+/m1/s1. The third-order valence-corrected chi connectivity index (χ3v) is 6.42. The summed E-state index contributed by atoms with van der Waals surface area (Å²) in [5.41, 5.74) is -0.159. The van der Waals surface area contributed by atoms with Gasteiger partial charge in [-0.25, -0.2) is 9.40 Å². The number of fused-ring (bicyclic) bond motifs is 1. The van der Waals surface area contributed by atoms with Crippen LogP contribution in [0.4, 0.5) is 10.1 Å². The lowest BCUT2D eigenvalue weighted by Gasteiger charge is -2.30. The lowest BCUT2D eigenvalue weighted by atomic mass is 9.76. The molecule has 0 radical (unpaired) electrons. The fourth-order valence-corrected chi connectivity index (χ4v) is 4.58. The van der Waals surface area contributed by atoms with E-state index < -0.39 is 52.6 Å². The Hall–Kier alpha value is -3.95. The highest BCUT2D eigenvalue weighted by Gasteiger charge is 2.52. The monoisotopic (exact) mass is 467 g/mol. The zero-order chi connectivity index (χ0) is 24.6. The lowest BCUT2D eigenvalue weighted by molar-refractivity contribution is -0.384. The van der Waals surface area contributed by atoms with Gasteiger partial charge < -0.3 is 0 Å². The summed E-state index contributed by atoms with van der Waals surface area (Å²) in [7, 11) is 0. The van der Waals surface area contributed by atoms with Crippen molar-refractivity contribution in [3.63, 3.8) is 0 Å². The number of hydrogen-bond acceptors (Lipinski definition) is 6. The summed E-state index contributed by atoms with van der Waals surface area (Å²) in [5.74, 6) is -3.91. The molecule has 176 valence electrons. The van der Waals surface area contributed by atoms with Crippen molar-refractivity contribution < 1.29 is 28.5 Å². The van der Waals surface area contributed by atoms with E-state index in [2.05, 4.69) is 0 Å². The minimum atomic E-state index is -0.821. The Morgan fingerprint density at radius 3 is 2.21 bits per heavy atom. The predicted molar refractivity (Wildman–Crippen MR) is 117 cm³/mol. The number of non-ortho nitro benzene ring substituents is 1. The van der Waals surface area contributed by atoms with Gasteiger partial charge in [0.25, 0.3) is 23.4 Å². The summed E-state index contributed by atoms with van der Waals surface area (Å²) in [6.07, 6.45) is 1.80. The van der Waals surface area contributed by atoms with Crippen molar-refractivity contribution in [2.75, 3.05) is 6.54 Å². The predicted octanol–water partition coefficient (Wildman–Crippen LogP) is 3.40. The van der Waals surface area contributed by atoms with Gasteiger partial charge in [0.2, 0.25) is 0 Å². The molecule has 1 aliphatic carbocycles. The largest absolute Gasteiger partial charge is 0.292 e. The van der Waals surface area contributed by atoms with Gasteiger partial charge in [0.15, 0.2) is 5.78 Å². The molecule has 1 saturated carbocycles. The number of Topliss-reactive ketones (excluding diaryl/α,β-unsaturated/α-hetero) is 1. The van der Waals surface area contributed by atoms with Crippen LogP contribution in [0.1, 0.15) is 46.9 Å². The van der Waals surface area contributed by atoms with E-state index in [4.69, 9.17) is 0 Å². The summed E-state index contributed by atoms with van der Waals surface area (Å²) in [5, 5.41) is 12.5. The Bertz CT molecular complexity index is 1160. The van der Waals surface area contributed by atoms with Gasteiger partial charge in [-0.05, 0) is 61.6 Å². The number of nitrogens with zero attached hydrogens (tertiary/aromatic N) is 3. The van der Waals surface area contributed by atoms with Crippen molar-refractivity contribution in [2.45, 2.75) is 26.2 Å². The van der Waals surface area contributed by atoms with Crippen LogP contribution in [0.2, 0.25) is 0 Å². The first-order valence-corrected chi connectivity index (χ1v) is 10.9. The first kappa shape index (κ1) is 23.2. The molecule has 34 heavy (non-hydrogen) atoms. The first-order chi connectivity index (χ1) is 16.2. The molecule has 1 aliphatic heterocycles. The highest BCUT2D eigenvalue weighted by Crippen LogP contribution is 2.41. The molecule has 1 heterocycles. The van der Waals surface area contributed by atoms with E-state index in [1.165, 1.54) is 24.3 Å². The van der Waals surface area contributed by atoms with Gasteiger partial charge in [-0.15, -0.1) is 0 Å². The van der Waals surface area contributed by atoms with Crippen LogP contribution in [0, 0.1) is 33.7 Å². The van der Waals surface area contributed by atoms with Crippen LogP contribution in [-0.4, -0.2) is 45.0 Å². The Morgan fingerprint density at radius 1 is 1.00 bits per heavy atom. The molecule has 2 aromatic carbocycles. The number of hydrazine groups is 1. The number of rotatable bonds is 6. The van der Waals surface area contributed by atoms with Crippen molar-refractivity contribution >= 4 is 29.2 Å². The molecule has 0 N–H and O–H groups in total. The van der Waals surface area contributed by atoms with Crippen LogP contribution in [0.5, 0.6) is 0 Å². The Balaban J connectivity index is 1.68. The second kappa shape index (κ2) is 9.12. The van der Waals surface area contributed by atoms with E-state index in [-0.39, 0.29) is 22.7 Å². The number of ketones is 1. The molecule has 2 aromatic rings. The van der Waals surface area contributed by atoms with E-state index in [0.717, 1.165) is 40.7 Å². The Kier molecular flexibility index (Phi) is 6.23. The molecule has 1 saturated heterocycles. The fourth-order valence-electron chi connectivity index (χ4n) is 4.58. The molecule has 0 bridgehead atoms. The minimum absolute atomic E-state index is 0.0265. The molecule has 0 aromatic heterocycles. The normalized spacial score (nSPS) is 21.8. The smallest absolute Gasteiger partial charge is 0.273 e. The summed E-state index contributed by atoms with van der Waals surface area (Å²) in [4.78, 5) is 63.1. The van der Waals surface area contributed by atoms with Crippen molar-refractivity contribution in [3.8, 4) is 0 Å². The summed E-state index contributed by atoms with van der Waals surface area (Å²) < 4.78 is 13.3. The second-order valence-electron chi connectivity index (χ2n) is 8.72. The van der Waals surface area contributed by atoms with Crippen LogP contribution in [0.3, 0.4) is 0 Å². The van der Waals surface area contributed by atoms with Crippen molar-refractivity contribution in [1.82, 2.24) is 10.0 Å². The molecule has 0 spiro atoms. The first-order valence-electron chi connectivity index (χ1n) is 10.9. The van der Waals surface area contributed by atoms with E-state index in [1.54, 1.807) is 0 Å². The molecule has 3 amide bonds. The average Bonchev–Trinajstić information content (AvgIpc) is 3.06. The SMILES string of the molecule is C[C@@H]1CC[C@@H]2C(=O)N(N(CC(=O)c3ccc(F)cc3)C(=O)c3ccc([N+](=O)[O-])cc3)C(=O)[C@H]2C1. The van der Waals surface area contributed by atoms with Gasteiger partial charge in [-0.3, -0.25) is 29.3 Å². The van der Waals surface area contributed by atoms with Crippen LogP contribution >= 0.6 is 0 Å². The number of benzene rings is 2. The van der Waals surface area contributed by atoms with E-state index in [1.807, 2.05) is 6.92 Å². The number of carbonyl (C=O) groups is 4. The van der Waals surface area contributed by atoms with Gasteiger partial charge in [-0.2, -0.15) is 5.01 Å². The number of hydrogen-bond donors (Lipinski definition) is 0. The maximum Gasteiger partial charge on any atom is 0.273 e. The number of carbonyl (C=O) groups excluding carboxylic acids is 4. The number of halogens is 1. The van der Waals surface area contributed by atoms with Gasteiger partial charge in [-0.1, -0.05) is 6.92 Å². The van der Waals surface area contributed by atoms with Crippen LogP contribution in [0.15, 0.2) is 48.5 Å². The van der Waals surface area contributed by atoms with Gasteiger partial charge in [0.05, 0.1) is 16.8 Å². The summed E-state index contributed by atoms with van der Waals surface area (Å²) in [6.45, 7) is 1.36. The molecule has 9 nitrogen and oxygen atoms in total. The minimum Gasteiger partial charge on any atom is -0.292 e. The van der Waals surface area contributed by atoms with Gasteiger partial charge >= 0.3 is 0 Å². The molecule has 4 rings (SSSR count). The van der Waals surface area contributed by atoms with Gasteiger partial charge in [0.1, 0.15) is 12.4 Å². The maximum absolute atomic E-state index is 13.4. The number of nitro groups is 1. The Morgan fingerprint density at radius 2 is 1.59 bits per heavy atom. The van der Waals surface area contributed by atoms with E-state index in [9.17, 15) is 33.7 Å². The van der Waals surface area contributed by atoms with Crippen molar-refractivity contribution in [2.24, 2.45) is 17.8 Å². The maximum atomic E-state index is 13.4. The van der Waals surface area contributed by atoms with Crippen molar-refractivity contribution in [1.29, 1.82) is 0 Å². The lowest BCUT2D eigenvalue weighted by Crippen LogP contribution is -2.52. The second-order valence-corrected chi connectivity index (χ2v) is 8.72. The molecule has 10 heteroatoms. The summed E-state index contributed by atoms with van der Waals surface area (Å²) >= 11 is 0. The van der Waals surface area contributed by atoms with E-state index >= 15 is 0 Å². The van der Waals surface area contributed by atoms with Crippen LogP contribution in [-0.2, 0) is 9.59 Å². The highest BCUT2D eigenvalue weighted by molar-refractivity contribution is 6.09. The molecular formula is C24H22FN3O6. The van der Waals surface area contributed by atoms with Gasteiger partial charge in [0, 0.05) is 23.3 Å². The van der Waals surface area contributed by atoms with E-state index in [0.29, 0.717) is 12.8 Å². The zero-order valence-corrected chi connectivity index (χ0v) is 18.3. The van der Waals surface area contributed by atoms with Crippen molar-refractivity contribution in [3.05, 3.63) is 75.6 Å². The fraction of sp³-hybridized carbons (Fsp3) is 0.333. The quantitative estimate of drug-likeness (QED) is 0.278. The third-order valence-electron chi connectivity index (χ3n) is 6.42. The number of amides is 3. The number of imide groups is 1. The molecule has 2 fully saturated rings. The van der Waals surface area contributed by atoms with Crippen LogP contribution in [0.25, 0.3) is 0 Å². The molecular weight excluding hydrogens is 445 g/mol. The molecule has 2 aliphatic rings. The summed E-state index contributed by atoms with van der Waals surface area (Å²) in [6, 6.07) is 9.36. The van der Waals surface area contributed by atoms with Crippen LogP contribution < -0.4 is 0 Å². The molecule has 0 unspecified atom stereocenters. The average molecular weight is 467 g/mol. The Labute approximate surface area is 194 Å². The molecule has 3 atom stereocenters. The topological polar surface area (TPSA) is 118 Å². The highest BCUT2D eigenvalue weighted by atomic mass is 19.1. The number of nitro benzene ring substituents is 1. The zero-order valence-electron chi connectivity index (χ0n) is 18.3.